The van der Waals surface area contributed by atoms with E-state index >= 15 is 0 Å². The normalized spacial score (nSPS) is 13.0. The maximum absolute atomic E-state index is 11.1. The molecule has 3 N–H and O–H groups in total. The van der Waals surface area contributed by atoms with Gasteiger partial charge in [-0.3, -0.25) is 9.79 Å². The van der Waals surface area contributed by atoms with Gasteiger partial charge in [0.05, 0.1) is 12.3 Å². The number of carbonyl (C=O) groups excluding carboxylic acids is 1. The second-order valence-electron chi connectivity index (χ2n) is 4.71. The summed E-state index contributed by atoms with van der Waals surface area (Å²) in [6.45, 7) is 6.97. The van der Waals surface area contributed by atoms with Crippen LogP contribution in [-0.2, 0) is 14.6 Å². The first kappa shape index (κ1) is 22.7. The van der Waals surface area contributed by atoms with Gasteiger partial charge in [-0.2, -0.15) is 0 Å². The molecule has 126 valence electrons. The number of carbonyl (C=O) groups is 1. The van der Waals surface area contributed by atoms with E-state index in [-0.39, 0.29) is 41.7 Å². The number of nitrogens with one attached hydrogen (secondary N) is 3. The van der Waals surface area contributed by atoms with Crippen molar-refractivity contribution in [2.24, 2.45) is 4.99 Å². The number of amides is 1. The fourth-order valence-corrected chi connectivity index (χ4v) is 2.20. The highest BCUT2D eigenvalue weighted by Crippen LogP contribution is 1.95. The zero-order chi connectivity index (χ0) is 15.6. The van der Waals surface area contributed by atoms with E-state index in [2.05, 4.69) is 20.9 Å². The number of rotatable bonds is 8. The lowest BCUT2D eigenvalue weighted by Crippen LogP contribution is -2.43. The van der Waals surface area contributed by atoms with E-state index in [1.807, 2.05) is 13.8 Å². The third-order valence-corrected chi connectivity index (χ3v) is 3.38. The lowest BCUT2D eigenvalue weighted by Gasteiger charge is -2.17. The SMILES string of the molecule is CCNC(=NCCNC(C)=O)NC(C)CCS(C)(=O)=O.I. The quantitative estimate of drug-likeness (QED) is 0.218. The van der Waals surface area contributed by atoms with Crippen molar-refractivity contribution >= 4 is 45.7 Å². The predicted octanol–water partition coefficient (Wildman–Crippen LogP) is 0.119. The van der Waals surface area contributed by atoms with Gasteiger partial charge in [0.2, 0.25) is 5.91 Å². The third-order valence-electron chi connectivity index (χ3n) is 2.40. The molecule has 0 aliphatic heterocycles. The van der Waals surface area contributed by atoms with Crippen molar-refractivity contribution in [2.75, 3.05) is 31.6 Å². The van der Waals surface area contributed by atoms with Gasteiger partial charge in [0, 0.05) is 32.3 Å². The van der Waals surface area contributed by atoms with Crippen LogP contribution in [0.1, 0.15) is 27.2 Å². The van der Waals surface area contributed by atoms with Crippen LogP contribution in [0.5, 0.6) is 0 Å². The third kappa shape index (κ3) is 15.6. The molecule has 7 nitrogen and oxygen atoms in total. The molecule has 0 aliphatic carbocycles. The minimum Gasteiger partial charge on any atom is -0.357 e. The molecular weight excluding hydrogens is 407 g/mol. The highest BCUT2D eigenvalue weighted by Gasteiger charge is 2.09. The Labute approximate surface area is 144 Å². The summed E-state index contributed by atoms with van der Waals surface area (Å²) in [6.07, 6.45) is 1.75. The van der Waals surface area contributed by atoms with Gasteiger partial charge in [-0.25, -0.2) is 8.42 Å². The van der Waals surface area contributed by atoms with E-state index in [4.69, 9.17) is 0 Å². The van der Waals surface area contributed by atoms with Crippen molar-refractivity contribution in [3.63, 3.8) is 0 Å². The molecule has 0 aromatic heterocycles. The molecule has 0 spiro atoms. The molecule has 1 amide bonds. The smallest absolute Gasteiger partial charge is 0.216 e. The summed E-state index contributed by atoms with van der Waals surface area (Å²) >= 11 is 0. The number of hydrogen-bond acceptors (Lipinski definition) is 4. The zero-order valence-corrected chi connectivity index (χ0v) is 16.2. The second-order valence-corrected chi connectivity index (χ2v) is 6.97. The summed E-state index contributed by atoms with van der Waals surface area (Å²) in [4.78, 5) is 15.0. The van der Waals surface area contributed by atoms with Crippen LogP contribution >= 0.6 is 24.0 Å². The van der Waals surface area contributed by atoms with Crippen molar-refractivity contribution in [1.29, 1.82) is 0 Å². The summed E-state index contributed by atoms with van der Waals surface area (Å²) < 4.78 is 22.2. The molecule has 1 unspecified atom stereocenters. The van der Waals surface area contributed by atoms with E-state index < -0.39 is 9.84 Å². The van der Waals surface area contributed by atoms with Crippen LogP contribution in [0, 0.1) is 0 Å². The summed E-state index contributed by atoms with van der Waals surface area (Å²) in [7, 11) is -2.95. The van der Waals surface area contributed by atoms with Gasteiger partial charge in [-0.1, -0.05) is 0 Å². The van der Waals surface area contributed by atoms with E-state index in [0.29, 0.717) is 32.0 Å². The van der Waals surface area contributed by atoms with E-state index in [1.54, 1.807) is 0 Å². The van der Waals surface area contributed by atoms with Gasteiger partial charge in [-0.05, 0) is 20.3 Å². The van der Waals surface area contributed by atoms with Gasteiger partial charge in [0.25, 0.3) is 0 Å². The summed E-state index contributed by atoms with van der Waals surface area (Å²) in [5.41, 5.74) is 0. The number of guanidine groups is 1. The fraction of sp³-hybridized carbons (Fsp3) is 0.833. The molecule has 0 aromatic rings. The predicted molar refractivity (Wildman–Crippen MR) is 97.0 cm³/mol. The summed E-state index contributed by atoms with van der Waals surface area (Å²) in [5, 5.41) is 8.88. The number of halogens is 1. The highest BCUT2D eigenvalue weighted by atomic mass is 127. The van der Waals surface area contributed by atoms with Crippen molar-refractivity contribution in [3.05, 3.63) is 0 Å². The first-order valence-corrected chi connectivity index (χ1v) is 8.77. The second kappa shape index (κ2) is 12.0. The Morgan fingerprint density at radius 1 is 1.29 bits per heavy atom. The Morgan fingerprint density at radius 2 is 1.90 bits per heavy atom. The molecule has 0 fully saturated rings. The molecule has 9 heteroatoms. The number of nitrogens with zero attached hydrogens (tertiary/aromatic N) is 1. The molecule has 0 aliphatic rings. The molecule has 0 heterocycles. The molecule has 1 atom stereocenters. The molecule has 0 saturated carbocycles. The standard InChI is InChI=1S/C12H26N4O3S.HI/c1-5-13-12(15-8-7-14-11(3)17)16-10(2)6-9-20(4,18)19;/h10H,5-9H2,1-4H3,(H,14,17)(H2,13,15,16);1H. The van der Waals surface area contributed by atoms with E-state index in [1.165, 1.54) is 13.2 Å². The van der Waals surface area contributed by atoms with Crippen LogP contribution in [0.15, 0.2) is 4.99 Å². The average Bonchev–Trinajstić information content (AvgIpc) is 2.31. The monoisotopic (exact) mass is 434 g/mol. The minimum atomic E-state index is -2.95. The molecule has 0 radical (unpaired) electrons. The number of sulfone groups is 1. The number of hydrogen-bond donors (Lipinski definition) is 3. The molecule has 21 heavy (non-hydrogen) atoms. The number of aliphatic imine (C=N–C) groups is 1. The lowest BCUT2D eigenvalue weighted by molar-refractivity contribution is -0.118. The van der Waals surface area contributed by atoms with Gasteiger partial charge < -0.3 is 16.0 Å². The Balaban J connectivity index is 0. The molecule has 0 rings (SSSR count). The van der Waals surface area contributed by atoms with Crippen LogP contribution in [-0.4, -0.2) is 58.0 Å². The molecular formula is C12H27IN4O3S. The Hall–Kier alpha value is -0.580. The van der Waals surface area contributed by atoms with Gasteiger partial charge in [-0.15, -0.1) is 24.0 Å². The molecule has 0 bridgehead atoms. The van der Waals surface area contributed by atoms with Gasteiger partial charge in [0.1, 0.15) is 9.84 Å². The fourth-order valence-electron chi connectivity index (χ4n) is 1.42. The molecule has 0 saturated heterocycles. The van der Waals surface area contributed by atoms with Gasteiger partial charge in [0.15, 0.2) is 5.96 Å². The van der Waals surface area contributed by atoms with Crippen LogP contribution in [0.25, 0.3) is 0 Å². The lowest BCUT2D eigenvalue weighted by atomic mass is 10.3. The van der Waals surface area contributed by atoms with Crippen molar-refractivity contribution in [3.8, 4) is 0 Å². The van der Waals surface area contributed by atoms with Crippen molar-refractivity contribution in [1.82, 2.24) is 16.0 Å². The van der Waals surface area contributed by atoms with E-state index in [9.17, 15) is 13.2 Å². The topological polar surface area (TPSA) is 99.7 Å². The van der Waals surface area contributed by atoms with Crippen LogP contribution in [0.4, 0.5) is 0 Å². The van der Waals surface area contributed by atoms with Crippen molar-refractivity contribution in [2.45, 2.75) is 33.2 Å². The van der Waals surface area contributed by atoms with Crippen LogP contribution < -0.4 is 16.0 Å². The highest BCUT2D eigenvalue weighted by molar-refractivity contribution is 14.0. The first-order chi connectivity index (χ1) is 9.24. The maximum atomic E-state index is 11.1. The Morgan fingerprint density at radius 3 is 2.38 bits per heavy atom. The van der Waals surface area contributed by atoms with Gasteiger partial charge >= 0.3 is 0 Å². The first-order valence-electron chi connectivity index (χ1n) is 6.71. The maximum Gasteiger partial charge on any atom is 0.216 e. The Kier molecular flexibility index (Phi) is 13.0. The van der Waals surface area contributed by atoms with Crippen LogP contribution in [0.2, 0.25) is 0 Å². The Bertz CT molecular complexity index is 426. The average molecular weight is 434 g/mol. The molecule has 0 aromatic carbocycles. The van der Waals surface area contributed by atoms with Crippen LogP contribution in [0.3, 0.4) is 0 Å². The minimum absolute atomic E-state index is 0. The zero-order valence-electron chi connectivity index (χ0n) is 13.1. The van der Waals surface area contributed by atoms with Crippen molar-refractivity contribution < 1.29 is 13.2 Å². The summed E-state index contributed by atoms with van der Waals surface area (Å²) in [6, 6.07) is 0.00305. The summed E-state index contributed by atoms with van der Waals surface area (Å²) in [5.74, 6) is 0.686. The largest absolute Gasteiger partial charge is 0.357 e. The van der Waals surface area contributed by atoms with E-state index in [0.717, 1.165) is 0 Å².